The van der Waals surface area contributed by atoms with Crippen LogP contribution in [-0.4, -0.2) is 11.0 Å². The third kappa shape index (κ3) is 3.79. The summed E-state index contributed by atoms with van der Waals surface area (Å²) in [7, 11) is 0. The first kappa shape index (κ1) is 15.0. The second-order valence-electron chi connectivity index (χ2n) is 4.80. The average Bonchev–Trinajstić information content (AvgIpc) is 2.53. The molecule has 4 N–H and O–H groups in total. The van der Waals surface area contributed by atoms with Crippen molar-refractivity contribution in [3.8, 4) is 0 Å². The van der Waals surface area contributed by atoms with Crippen LogP contribution < -0.4 is 11.1 Å². The van der Waals surface area contributed by atoms with E-state index in [1.807, 2.05) is 37.3 Å². The number of hydrogen-bond donors (Lipinski definition) is 3. The van der Waals surface area contributed by atoms with Crippen LogP contribution in [0, 0.1) is 5.82 Å². The molecule has 4 nitrogen and oxygen atoms in total. The largest absolute Gasteiger partial charge is 0.409 e. The molecule has 0 aliphatic carbocycles. The van der Waals surface area contributed by atoms with Gasteiger partial charge in [0.2, 0.25) is 0 Å². The molecule has 1 unspecified atom stereocenters. The highest BCUT2D eigenvalue weighted by Crippen LogP contribution is 2.15. The van der Waals surface area contributed by atoms with Crippen LogP contribution in [0.3, 0.4) is 0 Å². The van der Waals surface area contributed by atoms with Gasteiger partial charge in [-0.25, -0.2) is 4.39 Å². The fourth-order valence-electron chi connectivity index (χ4n) is 2.12. The van der Waals surface area contributed by atoms with Gasteiger partial charge in [-0.2, -0.15) is 0 Å². The smallest absolute Gasteiger partial charge is 0.170 e. The first-order valence-corrected chi connectivity index (χ1v) is 6.66. The average molecular weight is 287 g/mol. The number of nitrogens with two attached hydrogens (primary N) is 1. The van der Waals surface area contributed by atoms with Crippen molar-refractivity contribution in [2.24, 2.45) is 10.9 Å². The molecule has 2 aromatic carbocycles. The predicted octanol–water partition coefficient (Wildman–Crippen LogP) is 2.77. The Labute approximate surface area is 123 Å². The van der Waals surface area contributed by atoms with E-state index < -0.39 is 5.82 Å². The Balaban J connectivity index is 2.13. The van der Waals surface area contributed by atoms with Crippen LogP contribution in [0.15, 0.2) is 53.7 Å². The van der Waals surface area contributed by atoms with Gasteiger partial charge >= 0.3 is 0 Å². The van der Waals surface area contributed by atoms with Gasteiger partial charge in [-0.3, -0.25) is 0 Å². The number of benzene rings is 2. The van der Waals surface area contributed by atoms with E-state index in [4.69, 9.17) is 10.9 Å². The zero-order chi connectivity index (χ0) is 15.2. The molecule has 1 atom stereocenters. The van der Waals surface area contributed by atoms with Crippen LogP contribution in [0.25, 0.3) is 0 Å². The minimum Gasteiger partial charge on any atom is -0.409 e. The first-order valence-electron chi connectivity index (χ1n) is 6.66. The van der Waals surface area contributed by atoms with E-state index in [0.29, 0.717) is 12.1 Å². The summed E-state index contributed by atoms with van der Waals surface area (Å²) < 4.78 is 13.3. The summed E-state index contributed by atoms with van der Waals surface area (Å²) in [4.78, 5) is 0. The maximum atomic E-state index is 13.3. The van der Waals surface area contributed by atoms with Crippen molar-refractivity contribution in [3.63, 3.8) is 0 Å². The third-order valence-electron chi connectivity index (χ3n) is 3.35. The number of rotatable bonds is 5. The molecule has 0 saturated carbocycles. The Morgan fingerprint density at radius 2 is 2.00 bits per heavy atom. The quantitative estimate of drug-likeness (QED) is 0.343. The standard InChI is InChI=1S/C16H18FN3O/c1-11(12-5-3-2-4-6-12)19-10-13-7-8-14(17)9-15(13)16(18)20-21/h2-9,11,19,21H,10H2,1H3,(H2,18,20). The topological polar surface area (TPSA) is 70.6 Å². The van der Waals surface area contributed by atoms with Crippen LogP contribution >= 0.6 is 0 Å². The lowest BCUT2D eigenvalue weighted by Crippen LogP contribution is -2.22. The molecule has 21 heavy (non-hydrogen) atoms. The van der Waals surface area contributed by atoms with Crippen LogP contribution in [0.5, 0.6) is 0 Å². The number of oxime groups is 1. The minimum absolute atomic E-state index is 0.0985. The zero-order valence-electron chi connectivity index (χ0n) is 11.8. The van der Waals surface area contributed by atoms with Gasteiger partial charge < -0.3 is 16.3 Å². The lowest BCUT2D eigenvalue weighted by Gasteiger charge is -2.16. The predicted molar refractivity (Wildman–Crippen MR) is 80.6 cm³/mol. The number of amidine groups is 1. The Morgan fingerprint density at radius 1 is 1.29 bits per heavy atom. The molecule has 0 radical (unpaired) electrons. The highest BCUT2D eigenvalue weighted by molar-refractivity contribution is 5.98. The van der Waals surface area contributed by atoms with E-state index in [0.717, 1.165) is 11.1 Å². The fourth-order valence-corrected chi connectivity index (χ4v) is 2.12. The van der Waals surface area contributed by atoms with Gasteiger partial charge in [-0.15, -0.1) is 0 Å². The molecule has 2 aromatic rings. The molecular formula is C16H18FN3O. The lowest BCUT2D eigenvalue weighted by molar-refractivity contribution is 0.318. The molecule has 0 amide bonds. The zero-order valence-corrected chi connectivity index (χ0v) is 11.8. The van der Waals surface area contributed by atoms with Gasteiger partial charge in [0.15, 0.2) is 5.84 Å². The van der Waals surface area contributed by atoms with Crippen LogP contribution in [-0.2, 0) is 6.54 Å². The fraction of sp³-hybridized carbons (Fsp3) is 0.188. The minimum atomic E-state index is -0.420. The van der Waals surface area contributed by atoms with Gasteiger partial charge in [0.1, 0.15) is 5.82 Å². The van der Waals surface area contributed by atoms with Crippen molar-refractivity contribution < 1.29 is 9.60 Å². The maximum absolute atomic E-state index is 13.3. The van der Waals surface area contributed by atoms with Gasteiger partial charge in [0.05, 0.1) is 0 Å². The normalized spacial score (nSPS) is 13.1. The molecule has 5 heteroatoms. The highest BCUT2D eigenvalue weighted by atomic mass is 19.1. The molecule has 0 saturated heterocycles. The Hall–Kier alpha value is -2.40. The van der Waals surface area contributed by atoms with E-state index in [1.54, 1.807) is 6.07 Å². The second-order valence-corrected chi connectivity index (χ2v) is 4.80. The van der Waals surface area contributed by atoms with Crippen LogP contribution in [0.1, 0.15) is 29.7 Å². The van der Waals surface area contributed by atoms with Crippen molar-refractivity contribution >= 4 is 5.84 Å². The summed E-state index contributed by atoms with van der Waals surface area (Å²) in [5.74, 6) is -0.518. The van der Waals surface area contributed by atoms with Gasteiger partial charge in [0.25, 0.3) is 0 Å². The van der Waals surface area contributed by atoms with Gasteiger partial charge in [-0.05, 0) is 30.2 Å². The van der Waals surface area contributed by atoms with E-state index in [9.17, 15) is 4.39 Å². The Morgan fingerprint density at radius 3 is 2.67 bits per heavy atom. The molecule has 0 fully saturated rings. The summed E-state index contributed by atoms with van der Waals surface area (Å²) in [6, 6.07) is 14.4. The summed E-state index contributed by atoms with van der Waals surface area (Å²) >= 11 is 0. The summed E-state index contributed by atoms with van der Waals surface area (Å²) in [6.07, 6.45) is 0. The molecule has 0 aliphatic rings. The monoisotopic (exact) mass is 287 g/mol. The molecule has 2 rings (SSSR count). The van der Waals surface area contributed by atoms with E-state index in [1.165, 1.54) is 12.1 Å². The maximum Gasteiger partial charge on any atom is 0.170 e. The number of hydrogen-bond acceptors (Lipinski definition) is 3. The van der Waals surface area contributed by atoms with Crippen LogP contribution in [0.2, 0.25) is 0 Å². The summed E-state index contributed by atoms with van der Waals surface area (Å²) in [6.45, 7) is 2.53. The van der Waals surface area contributed by atoms with Gasteiger partial charge in [-0.1, -0.05) is 41.6 Å². The highest BCUT2D eigenvalue weighted by Gasteiger charge is 2.10. The van der Waals surface area contributed by atoms with E-state index in [2.05, 4.69) is 10.5 Å². The SMILES string of the molecule is CC(NCc1ccc(F)cc1C(N)=NO)c1ccccc1. The number of nitrogens with zero attached hydrogens (tertiary/aromatic N) is 1. The number of halogens is 1. The molecule has 110 valence electrons. The van der Waals surface area contributed by atoms with Crippen molar-refractivity contribution in [3.05, 3.63) is 71.0 Å². The van der Waals surface area contributed by atoms with Crippen molar-refractivity contribution in [2.45, 2.75) is 19.5 Å². The lowest BCUT2D eigenvalue weighted by atomic mass is 10.0. The van der Waals surface area contributed by atoms with E-state index in [-0.39, 0.29) is 11.9 Å². The summed E-state index contributed by atoms with van der Waals surface area (Å²) in [5, 5.41) is 15.1. The molecule has 0 spiro atoms. The third-order valence-corrected chi connectivity index (χ3v) is 3.35. The van der Waals surface area contributed by atoms with Crippen LogP contribution in [0.4, 0.5) is 4.39 Å². The molecule has 0 bridgehead atoms. The van der Waals surface area contributed by atoms with Crippen molar-refractivity contribution in [2.75, 3.05) is 0 Å². The Bertz CT molecular complexity index is 629. The second kappa shape index (κ2) is 6.85. The molecule has 0 heterocycles. The molecular weight excluding hydrogens is 269 g/mol. The number of nitrogens with one attached hydrogen (secondary N) is 1. The molecule has 0 aromatic heterocycles. The van der Waals surface area contributed by atoms with Crippen molar-refractivity contribution in [1.82, 2.24) is 5.32 Å². The summed E-state index contributed by atoms with van der Waals surface area (Å²) in [5.41, 5.74) is 7.91. The van der Waals surface area contributed by atoms with Gasteiger partial charge in [0, 0.05) is 18.2 Å². The first-order chi connectivity index (χ1) is 10.1. The molecule has 0 aliphatic heterocycles. The van der Waals surface area contributed by atoms with E-state index >= 15 is 0 Å². The van der Waals surface area contributed by atoms with Crippen molar-refractivity contribution in [1.29, 1.82) is 0 Å². The Kier molecular flexibility index (Phi) is 4.90.